The Hall–Kier alpha value is -1.42. The molecule has 0 spiro atoms. The van der Waals surface area contributed by atoms with E-state index in [0.29, 0.717) is 40.5 Å². The molecule has 4 fully saturated rings. The van der Waals surface area contributed by atoms with Crippen LogP contribution < -0.4 is 14.8 Å². The summed E-state index contributed by atoms with van der Waals surface area (Å²) in [6.45, 7) is 6.15. The fraction of sp³-hybridized carbons (Fsp3) is 0.571. The predicted octanol–water partition coefficient (Wildman–Crippen LogP) is 7.67. The average Bonchev–Trinajstić information content (AvgIpc) is 2.77. The number of hydrogen-bond acceptors (Lipinski definition) is 3. The van der Waals surface area contributed by atoms with Crippen LogP contribution in [0.5, 0.6) is 11.5 Å². The maximum Gasteiger partial charge on any atom is 0.161 e. The molecule has 4 bridgehead atoms. The molecule has 2 aromatic carbocycles. The van der Waals surface area contributed by atoms with Gasteiger partial charge in [0.2, 0.25) is 0 Å². The van der Waals surface area contributed by atoms with Gasteiger partial charge in [-0.2, -0.15) is 0 Å². The van der Waals surface area contributed by atoms with Gasteiger partial charge in [0.1, 0.15) is 6.61 Å². The molecule has 4 saturated carbocycles. The fourth-order valence-electron chi connectivity index (χ4n) is 7.07. The highest BCUT2D eigenvalue weighted by Crippen LogP contribution is 2.61. The molecule has 0 aliphatic heterocycles. The third kappa shape index (κ3) is 4.88. The summed E-state index contributed by atoms with van der Waals surface area (Å²) in [5, 5.41) is 5.11. The Morgan fingerprint density at radius 1 is 0.939 bits per heavy atom. The van der Waals surface area contributed by atoms with Crippen LogP contribution in [0.15, 0.2) is 36.4 Å². The van der Waals surface area contributed by atoms with Crippen LogP contribution in [0.4, 0.5) is 0 Å². The monoisotopic (exact) mass is 487 g/mol. The lowest BCUT2D eigenvalue weighted by Crippen LogP contribution is -2.54. The van der Waals surface area contributed by atoms with E-state index in [-0.39, 0.29) is 0 Å². The molecule has 178 valence electrons. The largest absolute Gasteiger partial charge is 0.490 e. The van der Waals surface area contributed by atoms with E-state index in [0.717, 1.165) is 35.6 Å². The van der Waals surface area contributed by atoms with Crippen LogP contribution in [0.25, 0.3) is 0 Å². The van der Waals surface area contributed by atoms with Crippen molar-refractivity contribution in [2.45, 2.75) is 71.6 Å². The molecule has 0 heterocycles. The van der Waals surface area contributed by atoms with Crippen molar-refractivity contribution in [3.8, 4) is 11.5 Å². The lowest BCUT2D eigenvalue weighted by molar-refractivity contribution is -0.0706. The summed E-state index contributed by atoms with van der Waals surface area (Å²) in [7, 11) is 0. The number of halogens is 2. The SMILES string of the molecule is CCOc1cc(CNC(C)C23CC4CC(CC(C4)C2)C3)ccc1OCc1c(Cl)cccc1Cl. The van der Waals surface area contributed by atoms with Gasteiger partial charge in [-0.3, -0.25) is 0 Å². The summed E-state index contributed by atoms with van der Waals surface area (Å²) < 4.78 is 12.0. The first-order valence-electron chi connectivity index (χ1n) is 12.5. The maximum absolute atomic E-state index is 6.30. The molecule has 1 N–H and O–H groups in total. The minimum absolute atomic E-state index is 0.305. The van der Waals surface area contributed by atoms with Crippen LogP contribution in [-0.4, -0.2) is 12.6 Å². The molecule has 0 saturated heterocycles. The highest BCUT2D eigenvalue weighted by Gasteiger charge is 2.52. The molecule has 0 amide bonds. The Morgan fingerprint density at radius 3 is 2.18 bits per heavy atom. The van der Waals surface area contributed by atoms with Gasteiger partial charge in [0.15, 0.2) is 11.5 Å². The van der Waals surface area contributed by atoms with Crippen molar-refractivity contribution in [1.29, 1.82) is 0 Å². The zero-order valence-electron chi connectivity index (χ0n) is 19.7. The molecule has 6 rings (SSSR count). The highest BCUT2D eigenvalue weighted by atomic mass is 35.5. The molecule has 4 aliphatic carbocycles. The normalized spacial score (nSPS) is 28.7. The van der Waals surface area contributed by atoms with Crippen molar-refractivity contribution in [2.24, 2.45) is 23.2 Å². The lowest BCUT2D eigenvalue weighted by Gasteiger charge is -2.59. The zero-order chi connectivity index (χ0) is 23.0. The van der Waals surface area contributed by atoms with Gasteiger partial charge in [0.05, 0.1) is 6.61 Å². The predicted molar refractivity (Wildman–Crippen MR) is 135 cm³/mol. The summed E-state index contributed by atoms with van der Waals surface area (Å²) >= 11 is 12.6. The molecule has 0 aromatic heterocycles. The van der Waals surface area contributed by atoms with Crippen LogP contribution in [0.1, 0.15) is 63.5 Å². The second-order valence-corrected chi connectivity index (χ2v) is 11.4. The minimum atomic E-state index is 0.305. The number of rotatable bonds is 9. The summed E-state index contributed by atoms with van der Waals surface area (Å²) in [6, 6.07) is 12.3. The number of nitrogens with one attached hydrogen (secondary N) is 1. The molecular formula is C28H35Cl2NO2. The first-order valence-corrected chi connectivity index (χ1v) is 13.3. The second-order valence-electron chi connectivity index (χ2n) is 10.6. The van der Waals surface area contributed by atoms with Gasteiger partial charge >= 0.3 is 0 Å². The summed E-state index contributed by atoms with van der Waals surface area (Å²) in [5.74, 6) is 4.42. The molecule has 1 unspecified atom stereocenters. The average molecular weight is 488 g/mol. The third-order valence-electron chi connectivity index (χ3n) is 8.36. The van der Waals surface area contributed by atoms with E-state index in [9.17, 15) is 0 Å². The van der Waals surface area contributed by atoms with Gasteiger partial charge in [0, 0.05) is 28.2 Å². The molecular weight excluding hydrogens is 453 g/mol. The van der Waals surface area contributed by atoms with E-state index in [2.05, 4.69) is 24.4 Å². The zero-order valence-corrected chi connectivity index (χ0v) is 21.2. The number of hydrogen-bond donors (Lipinski definition) is 1. The maximum atomic E-state index is 6.30. The van der Waals surface area contributed by atoms with Crippen molar-refractivity contribution in [3.63, 3.8) is 0 Å². The topological polar surface area (TPSA) is 30.5 Å². The van der Waals surface area contributed by atoms with E-state index in [1.807, 2.05) is 31.2 Å². The lowest BCUT2D eigenvalue weighted by atomic mass is 9.48. The summed E-state index contributed by atoms with van der Waals surface area (Å²) in [6.07, 6.45) is 8.75. The van der Waals surface area contributed by atoms with Crippen molar-refractivity contribution in [3.05, 3.63) is 57.6 Å². The summed E-state index contributed by atoms with van der Waals surface area (Å²) in [4.78, 5) is 0. The van der Waals surface area contributed by atoms with E-state index < -0.39 is 0 Å². The van der Waals surface area contributed by atoms with Gasteiger partial charge < -0.3 is 14.8 Å². The Balaban J connectivity index is 1.24. The minimum Gasteiger partial charge on any atom is -0.490 e. The molecule has 2 aromatic rings. The van der Waals surface area contributed by atoms with Crippen molar-refractivity contribution in [2.75, 3.05) is 6.61 Å². The number of benzene rings is 2. The van der Waals surface area contributed by atoms with Gasteiger partial charge in [-0.25, -0.2) is 0 Å². The number of ether oxygens (including phenoxy) is 2. The van der Waals surface area contributed by atoms with E-state index >= 15 is 0 Å². The van der Waals surface area contributed by atoms with Crippen molar-refractivity contribution >= 4 is 23.2 Å². The molecule has 5 heteroatoms. The third-order valence-corrected chi connectivity index (χ3v) is 9.07. The van der Waals surface area contributed by atoms with Gasteiger partial charge in [-0.15, -0.1) is 0 Å². The van der Waals surface area contributed by atoms with Crippen LogP contribution in [0.2, 0.25) is 10.0 Å². The van der Waals surface area contributed by atoms with Gasteiger partial charge in [-0.1, -0.05) is 35.3 Å². The van der Waals surface area contributed by atoms with E-state index in [1.54, 1.807) is 0 Å². The van der Waals surface area contributed by atoms with Crippen molar-refractivity contribution < 1.29 is 9.47 Å². The molecule has 4 aliphatic rings. The first-order chi connectivity index (χ1) is 16.0. The molecule has 0 radical (unpaired) electrons. The Labute approximate surface area is 208 Å². The first kappa shape index (κ1) is 23.3. The quantitative estimate of drug-likeness (QED) is 0.393. The van der Waals surface area contributed by atoms with Gasteiger partial charge in [-0.05, 0) is 105 Å². The second kappa shape index (κ2) is 9.68. The van der Waals surface area contributed by atoms with Crippen LogP contribution in [0, 0.1) is 23.2 Å². The Bertz CT molecular complexity index is 936. The molecule has 1 atom stereocenters. The molecule has 33 heavy (non-hydrogen) atoms. The smallest absolute Gasteiger partial charge is 0.161 e. The fourth-order valence-corrected chi connectivity index (χ4v) is 7.57. The Kier molecular flexibility index (Phi) is 6.84. The van der Waals surface area contributed by atoms with Crippen LogP contribution in [-0.2, 0) is 13.2 Å². The molecule has 3 nitrogen and oxygen atoms in total. The van der Waals surface area contributed by atoms with E-state index in [4.69, 9.17) is 32.7 Å². The summed E-state index contributed by atoms with van der Waals surface area (Å²) in [5.41, 5.74) is 2.52. The van der Waals surface area contributed by atoms with Crippen LogP contribution in [0.3, 0.4) is 0 Å². The Morgan fingerprint density at radius 2 is 1.58 bits per heavy atom. The van der Waals surface area contributed by atoms with Gasteiger partial charge in [0.25, 0.3) is 0 Å². The highest BCUT2D eigenvalue weighted by molar-refractivity contribution is 6.35. The van der Waals surface area contributed by atoms with Crippen LogP contribution >= 0.6 is 23.2 Å². The standard InChI is InChI=1S/C28H35Cl2NO2/c1-3-32-27-12-19(7-8-26(27)33-17-23-24(29)5-4-6-25(23)30)16-31-18(2)28-13-20-9-21(14-28)11-22(10-20)15-28/h4-8,12,18,20-22,31H,3,9-11,13-17H2,1-2H3. The van der Waals surface area contributed by atoms with E-state index in [1.165, 1.54) is 44.1 Å². The van der Waals surface area contributed by atoms with Crippen molar-refractivity contribution in [1.82, 2.24) is 5.32 Å².